The van der Waals surface area contributed by atoms with Crippen molar-refractivity contribution in [1.29, 1.82) is 0 Å². The molecule has 0 amide bonds. The van der Waals surface area contributed by atoms with Gasteiger partial charge in [-0.15, -0.1) is 0 Å². The third-order valence-corrected chi connectivity index (χ3v) is 3.36. The Morgan fingerprint density at radius 2 is 2.00 bits per heavy atom. The van der Waals surface area contributed by atoms with Crippen LogP contribution in [0.4, 0.5) is 0 Å². The number of rotatable bonds is 8. The van der Waals surface area contributed by atoms with E-state index in [1.54, 1.807) is 0 Å². The zero-order chi connectivity index (χ0) is 13.4. The molecule has 0 heterocycles. The zero-order valence-corrected chi connectivity index (χ0v) is 12.2. The van der Waals surface area contributed by atoms with Crippen LogP contribution in [0.2, 0.25) is 0 Å². The van der Waals surface area contributed by atoms with Crippen molar-refractivity contribution in [2.75, 3.05) is 13.2 Å². The molecule has 1 rings (SSSR count). The second-order valence-electron chi connectivity index (χ2n) is 4.82. The molecular formula is C16H27NO. The van der Waals surface area contributed by atoms with Crippen molar-refractivity contribution in [3.8, 4) is 5.75 Å². The molecule has 1 N–H and O–H groups in total. The lowest BCUT2D eigenvalue weighted by molar-refractivity contribution is 0.336. The van der Waals surface area contributed by atoms with Crippen LogP contribution in [0.15, 0.2) is 24.3 Å². The van der Waals surface area contributed by atoms with Crippen LogP contribution in [0, 0.1) is 5.92 Å². The first-order chi connectivity index (χ1) is 8.72. The lowest BCUT2D eigenvalue weighted by Gasteiger charge is -2.25. The lowest BCUT2D eigenvalue weighted by atomic mass is 9.92. The molecule has 18 heavy (non-hydrogen) atoms. The molecule has 0 bridgehead atoms. The average molecular weight is 249 g/mol. The Kier molecular flexibility index (Phi) is 6.81. The third kappa shape index (κ3) is 4.34. The number of benzene rings is 1. The molecule has 102 valence electrons. The average Bonchev–Trinajstić information content (AvgIpc) is 2.39. The lowest BCUT2D eigenvalue weighted by Crippen LogP contribution is -2.27. The van der Waals surface area contributed by atoms with Crippen LogP contribution in [0.5, 0.6) is 5.75 Å². The molecule has 2 nitrogen and oxygen atoms in total. The molecule has 0 aromatic heterocycles. The van der Waals surface area contributed by atoms with Gasteiger partial charge in [-0.1, -0.05) is 39.3 Å². The van der Waals surface area contributed by atoms with Crippen LogP contribution >= 0.6 is 0 Å². The summed E-state index contributed by atoms with van der Waals surface area (Å²) in [4.78, 5) is 0. The quantitative estimate of drug-likeness (QED) is 0.746. The Morgan fingerprint density at radius 3 is 2.61 bits per heavy atom. The van der Waals surface area contributed by atoms with E-state index >= 15 is 0 Å². The summed E-state index contributed by atoms with van der Waals surface area (Å²) >= 11 is 0. The van der Waals surface area contributed by atoms with Gasteiger partial charge in [0.15, 0.2) is 0 Å². The second kappa shape index (κ2) is 8.15. The largest absolute Gasteiger partial charge is 0.494 e. The van der Waals surface area contributed by atoms with E-state index in [2.05, 4.69) is 44.3 Å². The van der Waals surface area contributed by atoms with Gasteiger partial charge in [0, 0.05) is 6.04 Å². The smallest absolute Gasteiger partial charge is 0.119 e. The van der Waals surface area contributed by atoms with Crippen LogP contribution < -0.4 is 10.1 Å². The Morgan fingerprint density at radius 1 is 1.22 bits per heavy atom. The zero-order valence-electron chi connectivity index (χ0n) is 12.2. The van der Waals surface area contributed by atoms with Gasteiger partial charge in [0.25, 0.3) is 0 Å². The second-order valence-corrected chi connectivity index (χ2v) is 4.82. The predicted molar refractivity (Wildman–Crippen MR) is 78.1 cm³/mol. The highest BCUT2D eigenvalue weighted by molar-refractivity contribution is 5.31. The first-order valence-electron chi connectivity index (χ1n) is 7.19. The van der Waals surface area contributed by atoms with E-state index in [0.29, 0.717) is 12.0 Å². The number of hydrogen-bond donors (Lipinski definition) is 1. The van der Waals surface area contributed by atoms with Gasteiger partial charge in [0.2, 0.25) is 0 Å². The summed E-state index contributed by atoms with van der Waals surface area (Å²) in [5.74, 6) is 1.61. The van der Waals surface area contributed by atoms with Crippen LogP contribution in [0.3, 0.4) is 0 Å². The molecule has 2 heteroatoms. The van der Waals surface area contributed by atoms with Crippen molar-refractivity contribution in [1.82, 2.24) is 5.32 Å². The minimum absolute atomic E-state index is 0.426. The normalized spacial score (nSPS) is 14.2. The summed E-state index contributed by atoms with van der Waals surface area (Å²) in [6, 6.07) is 8.91. The molecule has 0 fully saturated rings. The van der Waals surface area contributed by atoms with Gasteiger partial charge >= 0.3 is 0 Å². The van der Waals surface area contributed by atoms with E-state index in [1.807, 2.05) is 13.0 Å². The molecule has 0 saturated heterocycles. The minimum Gasteiger partial charge on any atom is -0.494 e. The Hall–Kier alpha value is -1.02. The maximum absolute atomic E-state index is 5.59. The molecule has 2 unspecified atom stereocenters. The maximum Gasteiger partial charge on any atom is 0.119 e. The maximum atomic E-state index is 5.59. The Bertz CT molecular complexity index is 338. The van der Waals surface area contributed by atoms with Crippen molar-refractivity contribution in [2.45, 2.75) is 46.6 Å². The molecule has 0 aliphatic carbocycles. The topological polar surface area (TPSA) is 21.3 Å². The summed E-state index contributed by atoms with van der Waals surface area (Å²) in [5, 5.41) is 3.65. The van der Waals surface area contributed by atoms with Gasteiger partial charge < -0.3 is 10.1 Å². The summed E-state index contributed by atoms with van der Waals surface area (Å²) < 4.78 is 5.59. The van der Waals surface area contributed by atoms with E-state index in [9.17, 15) is 0 Å². The minimum atomic E-state index is 0.426. The third-order valence-electron chi connectivity index (χ3n) is 3.36. The summed E-state index contributed by atoms with van der Waals surface area (Å²) in [6.45, 7) is 10.6. The fourth-order valence-corrected chi connectivity index (χ4v) is 2.15. The predicted octanol–water partition coefficient (Wildman–Crippen LogP) is 4.17. The van der Waals surface area contributed by atoms with Crippen LogP contribution in [0.25, 0.3) is 0 Å². The molecule has 0 radical (unpaired) electrons. The monoisotopic (exact) mass is 249 g/mol. The molecular weight excluding hydrogens is 222 g/mol. The van der Waals surface area contributed by atoms with Crippen LogP contribution in [0.1, 0.15) is 52.1 Å². The Balaban J connectivity index is 2.85. The SMILES string of the molecule is CCCNC(c1cccc(OCC)c1)C(C)CC. The van der Waals surface area contributed by atoms with Crippen molar-refractivity contribution < 1.29 is 4.74 Å². The standard InChI is InChI=1S/C16H27NO/c1-5-11-17-16(13(4)6-2)14-9-8-10-15(12-14)18-7-3/h8-10,12-13,16-17H,5-7,11H2,1-4H3. The van der Waals surface area contributed by atoms with Gasteiger partial charge in [-0.05, 0) is 43.5 Å². The van der Waals surface area contributed by atoms with E-state index in [1.165, 1.54) is 12.0 Å². The number of ether oxygens (including phenoxy) is 1. The molecule has 0 spiro atoms. The van der Waals surface area contributed by atoms with Crippen molar-refractivity contribution in [3.05, 3.63) is 29.8 Å². The summed E-state index contributed by atoms with van der Waals surface area (Å²) in [7, 11) is 0. The van der Waals surface area contributed by atoms with Gasteiger partial charge in [-0.2, -0.15) is 0 Å². The summed E-state index contributed by atoms with van der Waals surface area (Å²) in [6.07, 6.45) is 2.35. The van der Waals surface area contributed by atoms with Gasteiger partial charge in [0.05, 0.1) is 6.61 Å². The molecule has 0 aliphatic heterocycles. The highest BCUT2D eigenvalue weighted by atomic mass is 16.5. The van der Waals surface area contributed by atoms with Crippen molar-refractivity contribution >= 4 is 0 Å². The summed E-state index contributed by atoms with van der Waals surface area (Å²) in [5.41, 5.74) is 1.34. The van der Waals surface area contributed by atoms with E-state index < -0.39 is 0 Å². The van der Waals surface area contributed by atoms with E-state index in [-0.39, 0.29) is 0 Å². The highest BCUT2D eigenvalue weighted by Crippen LogP contribution is 2.27. The molecule has 1 aromatic rings. The van der Waals surface area contributed by atoms with Crippen LogP contribution in [-0.2, 0) is 0 Å². The molecule has 0 aliphatic rings. The van der Waals surface area contributed by atoms with E-state index in [0.717, 1.165) is 25.3 Å². The van der Waals surface area contributed by atoms with Crippen molar-refractivity contribution in [2.24, 2.45) is 5.92 Å². The fraction of sp³-hybridized carbons (Fsp3) is 0.625. The van der Waals surface area contributed by atoms with Gasteiger partial charge in [0.1, 0.15) is 5.75 Å². The first kappa shape index (κ1) is 15.0. The fourth-order valence-electron chi connectivity index (χ4n) is 2.15. The van der Waals surface area contributed by atoms with Crippen molar-refractivity contribution in [3.63, 3.8) is 0 Å². The van der Waals surface area contributed by atoms with Crippen LogP contribution in [-0.4, -0.2) is 13.2 Å². The highest BCUT2D eigenvalue weighted by Gasteiger charge is 2.17. The van der Waals surface area contributed by atoms with Gasteiger partial charge in [-0.3, -0.25) is 0 Å². The Labute approximate surface area is 112 Å². The molecule has 1 aromatic carbocycles. The number of nitrogens with one attached hydrogen (secondary N) is 1. The van der Waals surface area contributed by atoms with Gasteiger partial charge in [-0.25, -0.2) is 0 Å². The first-order valence-corrected chi connectivity index (χ1v) is 7.19. The van der Waals surface area contributed by atoms with E-state index in [4.69, 9.17) is 4.74 Å². The number of hydrogen-bond acceptors (Lipinski definition) is 2. The molecule has 0 saturated carbocycles. The molecule has 2 atom stereocenters.